The minimum atomic E-state index is -0.745. The summed E-state index contributed by atoms with van der Waals surface area (Å²) in [5, 5.41) is 4.49. The van der Waals surface area contributed by atoms with Crippen molar-refractivity contribution in [2.75, 3.05) is 6.61 Å². The van der Waals surface area contributed by atoms with E-state index in [1.807, 2.05) is 34.6 Å². The number of rotatable bonds is 7. The van der Waals surface area contributed by atoms with Gasteiger partial charge in [0, 0.05) is 27.2 Å². The first-order valence-corrected chi connectivity index (χ1v) is 11.4. The number of hydrogen-bond acceptors (Lipinski definition) is 3. The SMILES string of the molecule is Cc1cc(OCC(=O)N(Cc2ccc(Cl)cc2Cl)C(C)C(=O)NC(C)(C)C)cc(C)c1Cl. The van der Waals surface area contributed by atoms with E-state index in [2.05, 4.69) is 5.32 Å². The molecule has 2 aromatic carbocycles. The second kappa shape index (κ2) is 10.8. The van der Waals surface area contributed by atoms with Gasteiger partial charge in [0.1, 0.15) is 11.8 Å². The monoisotopic (exact) mass is 498 g/mol. The molecule has 0 aliphatic heterocycles. The van der Waals surface area contributed by atoms with Crippen LogP contribution in [0.1, 0.15) is 44.4 Å². The largest absolute Gasteiger partial charge is 0.484 e. The van der Waals surface area contributed by atoms with E-state index in [9.17, 15) is 9.59 Å². The molecule has 5 nitrogen and oxygen atoms in total. The van der Waals surface area contributed by atoms with Crippen LogP contribution >= 0.6 is 34.8 Å². The van der Waals surface area contributed by atoms with Gasteiger partial charge in [-0.25, -0.2) is 0 Å². The van der Waals surface area contributed by atoms with Gasteiger partial charge in [0.25, 0.3) is 5.91 Å². The van der Waals surface area contributed by atoms with Crippen molar-refractivity contribution >= 4 is 46.6 Å². The van der Waals surface area contributed by atoms with Gasteiger partial charge in [-0.05, 0) is 82.5 Å². The van der Waals surface area contributed by atoms with Gasteiger partial charge in [-0.15, -0.1) is 0 Å². The molecule has 0 aliphatic carbocycles. The van der Waals surface area contributed by atoms with Crippen molar-refractivity contribution in [3.8, 4) is 5.75 Å². The van der Waals surface area contributed by atoms with E-state index in [-0.39, 0.29) is 25.0 Å². The Morgan fingerprint density at radius 3 is 2.19 bits per heavy atom. The van der Waals surface area contributed by atoms with E-state index in [0.29, 0.717) is 26.4 Å². The summed E-state index contributed by atoms with van der Waals surface area (Å²) in [4.78, 5) is 27.4. The summed E-state index contributed by atoms with van der Waals surface area (Å²) in [6.45, 7) is 11.0. The Morgan fingerprint density at radius 2 is 1.66 bits per heavy atom. The quantitative estimate of drug-likeness (QED) is 0.510. The minimum Gasteiger partial charge on any atom is -0.484 e. The Balaban J connectivity index is 2.25. The molecule has 0 saturated heterocycles. The second-order valence-corrected chi connectivity index (χ2v) is 10.1. The zero-order chi connectivity index (χ0) is 24.2. The summed E-state index contributed by atoms with van der Waals surface area (Å²) < 4.78 is 5.75. The molecule has 0 spiro atoms. The van der Waals surface area contributed by atoms with Crippen LogP contribution in [0.25, 0.3) is 0 Å². The third-order valence-electron chi connectivity index (χ3n) is 4.79. The van der Waals surface area contributed by atoms with Crippen molar-refractivity contribution in [2.24, 2.45) is 0 Å². The number of benzene rings is 2. The number of ether oxygens (including phenoxy) is 1. The van der Waals surface area contributed by atoms with Gasteiger partial charge in [0.15, 0.2) is 6.61 Å². The van der Waals surface area contributed by atoms with E-state index in [1.54, 1.807) is 37.3 Å². The number of nitrogens with zero attached hydrogens (tertiary/aromatic N) is 1. The molecule has 0 radical (unpaired) electrons. The zero-order valence-electron chi connectivity index (χ0n) is 19.2. The summed E-state index contributed by atoms with van der Waals surface area (Å²) in [7, 11) is 0. The number of halogens is 3. The van der Waals surface area contributed by atoms with E-state index < -0.39 is 11.6 Å². The fourth-order valence-electron chi connectivity index (χ4n) is 3.11. The molecule has 0 aromatic heterocycles. The highest BCUT2D eigenvalue weighted by Crippen LogP contribution is 2.26. The maximum absolute atomic E-state index is 13.2. The van der Waals surface area contributed by atoms with Crippen molar-refractivity contribution in [2.45, 2.75) is 59.7 Å². The van der Waals surface area contributed by atoms with E-state index >= 15 is 0 Å². The van der Waals surface area contributed by atoms with Gasteiger partial charge in [0.05, 0.1) is 0 Å². The van der Waals surface area contributed by atoms with Crippen LogP contribution in [-0.2, 0) is 16.1 Å². The van der Waals surface area contributed by atoms with Crippen LogP contribution in [0.4, 0.5) is 0 Å². The van der Waals surface area contributed by atoms with Gasteiger partial charge < -0.3 is 15.0 Å². The van der Waals surface area contributed by atoms with Crippen LogP contribution in [0.3, 0.4) is 0 Å². The Labute approximate surface area is 205 Å². The first kappa shape index (κ1) is 26.3. The minimum absolute atomic E-state index is 0.135. The normalized spacial score (nSPS) is 12.3. The molecule has 1 atom stereocenters. The summed E-state index contributed by atoms with van der Waals surface area (Å²) in [6.07, 6.45) is 0. The van der Waals surface area contributed by atoms with Crippen molar-refractivity contribution in [1.82, 2.24) is 10.2 Å². The fraction of sp³-hybridized carbons (Fsp3) is 0.417. The van der Waals surface area contributed by atoms with Crippen LogP contribution in [0.15, 0.2) is 30.3 Å². The summed E-state index contributed by atoms with van der Waals surface area (Å²) in [5.74, 6) is -0.0824. The maximum atomic E-state index is 13.2. The van der Waals surface area contributed by atoms with E-state index in [1.165, 1.54) is 4.90 Å². The molecular formula is C24H29Cl3N2O3. The number of amides is 2. The van der Waals surface area contributed by atoms with Crippen molar-refractivity contribution in [1.29, 1.82) is 0 Å². The molecule has 0 fully saturated rings. The van der Waals surface area contributed by atoms with Crippen molar-refractivity contribution < 1.29 is 14.3 Å². The number of carbonyl (C=O) groups is 2. The second-order valence-electron chi connectivity index (χ2n) is 8.83. The van der Waals surface area contributed by atoms with Gasteiger partial charge >= 0.3 is 0 Å². The Morgan fingerprint density at radius 1 is 1.06 bits per heavy atom. The smallest absolute Gasteiger partial charge is 0.261 e. The molecule has 0 aliphatic rings. The predicted octanol–water partition coefficient (Wildman–Crippen LogP) is 5.97. The molecular weight excluding hydrogens is 471 g/mol. The van der Waals surface area contributed by atoms with Gasteiger partial charge in [-0.3, -0.25) is 9.59 Å². The molecule has 2 rings (SSSR count). The Hall–Kier alpha value is -1.95. The molecule has 174 valence electrons. The lowest BCUT2D eigenvalue weighted by molar-refractivity contribution is -0.142. The highest BCUT2D eigenvalue weighted by molar-refractivity contribution is 6.35. The molecule has 32 heavy (non-hydrogen) atoms. The van der Waals surface area contributed by atoms with Crippen LogP contribution in [0.2, 0.25) is 15.1 Å². The average Bonchev–Trinajstić information content (AvgIpc) is 2.67. The van der Waals surface area contributed by atoms with Crippen molar-refractivity contribution in [3.05, 3.63) is 62.1 Å². The van der Waals surface area contributed by atoms with Crippen LogP contribution < -0.4 is 10.1 Å². The lowest BCUT2D eigenvalue weighted by Crippen LogP contribution is -2.53. The molecule has 1 N–H and O–H groups in total. The summed E-state index contributed by atoms with van der Waals surface area (Å²) in [6, 6.07) is 7.85. The first-order chi connectivity index (χ1) is 14.8. The lowest BCUT2D eigenvalue weighted by Gasteiger charge is -2.31. The number of nitrogens with one attached hydrogen (secondary N) is 1. The van der Waals surface area contributed by atoms with Gasteiger partial charge in [0.2, 0.25) is 5.91 Å². The van der Waals surface area contributed by atoms with Crippen molar-refractivity contribution in [3.63, 3.8) is 0 Å². The zero-order valence-corrected chi connectivity index (χ0v) is 21.5. The van der Waals surface area contributed by atoms with E-state index in [0.717, 1.165) is 11.1 Å². The van der Waals surface area contributed by atoms with E-state index in [4.69, 9.17) is 39.5 Å². The van der Waals surface area contributed by atoms with Crippen LogP contribution in [-0.4, -0.2) is 34.9 Å². The average molecular weight is 500 g/mol. The summed E-state index contributed by atoms with van der Waals surface area (Å²) in [5.41, 5.74) is 1.96. The fourth-order valence-corrected chi connectivity index (χ4v) is 3.68. The Kier molecular flexibility index (Phi) is 8.86. The molecule has 2 amide bonds. The predicted molar refractivity (Wildman–Crippen MR) is 131 cm³/mol. The molecule has 8 heteroatoms. The number of aryl methyl sites for hydroxylation is 2. The number of carbonyl (C=O) groups excluding carboxylic acids is 2. The molecule has 0 saturated carbocycles. The maximum Gasteiger partial charge on any atom is 0.261 e. The third kappa shape index (κ3) is 7.29. The van der Waals surface area contributed by atoms with Crippen LogP contribution in [0, 0.1) is 13.8 Å². The third-order valence-corrected chi connectivity index (χ3v) is 5.98. The highest BCUT2D eigenvalue weighted by atomic mass is 35.5. The van der Waals surface area contributed by atoms with Gasteiger partial charge in [-0.2, -0.15) is 0 Å². The first-order valence-electron chi connectivity index (χ1n) is 10.2. The number of hydrogen-bond donors (Lipinski definition) is 1. The Bertz CT molecular complexity index is 979. The highest BCUT2D eigenvalue weighted by Gasteiger charge is 2.29. The molecule has 2 aromatic rings. The standard InChI is InChI=1S/C24H29Cl3N2O3/c1-14-9-19(10-15(2)22(14)27)32-13-21(30)29(16(3)23(31)28-24(4,5)6)12-17-7-8-18(25)11-20(17)26/h7-11,16H,12-13H2,1-6H3,(H,28,31). The topological polar surface area (TPSA) is 58.6 Å². The van der Waals surface area contributed by atoms with Crippen LogP contribution in [0.5, 0.6) is 5.75 Å². The summed E-state index contributed by atoms with van der Waals surface area (Å²) >= 11 is 18.5. The molecule has 0 bridgehead atoms. The molecule has 1 unspecified atom stereocenters. The van der Waals surface area contributed by atoms with Gasteiger partial charge in [-0.1, -0.05) is 40.9 Å². The lowest BCUT2D eigenvalue weighted by atomic mass is 10.1. The molecule has 0 heterocycles.